The normalized spacial score (nSPS) is 14.4. The molecule has 2 aromatic carbocycles. The minimum atomic E-state index is -0.653. The Kier molecular flexibility index (Phi) is 9.13. The SMILES string of the molecule is CCOc1cc(/C=C2\SC(=O)N(CC(=O)OC(C)C)C2=O)ccc1OCC(=O)Nc1ccc(C)cc1. The predicted molar refractivity (Wildman–Crippen MR) is 137 cm³/mol. The van der Waals surface area contributed by atoms with Crippen LogP contribution >= 0.6 is 11.8 Å². The molecule has 0 aliphatic carbocycles. The van der Waals surface area contributed by atoms with Gasteiger partial charge in [0.15, 0.2) is 18.1 Å². The number of nitrogens with zero attached hydrogens (tertiary/aromatic N) is 1. The van der Waals surface area contributed by atoms with Crippen LogP contribution in [-0.4, -0.2) is 53.8 Å². The van der Waals surface area contributed by atoms with Gasteiger partial charge in [-0.1, -0.05) is 23.8 Å². The van der Waals surface area contributed by atoms with Gasteiger partial charge in [-0.25, -0.2) is 0 Å². The molecule has 1 saturated heterocycles. The first-order chi connectivity index (χ1) is 17.2. The molecule has 0 atom stereocenters. The lowest BCUT2D eigenvalue weighted by Gasteiger charge is -2.13. The van der Waals surface area contributed by atoms with Crippen LogP contribution in [0.5, 0.6) is 11.5 Å². The van der Waals surface area contributed by atoms with Gasteiger partial charge in [0.05, 0.1) is 17.6 Å². The number of aryl methyl sites for hydroxylation is 1. The molecule has 1 fully saturated rings. The number of rotatable bonds is 10. The van der Waals surface area contributed by atoms with Crippen LogP contribution in [0.2, 0.25) is 0 Å². The third kappa shape index (κ3) is 7.35. The second kappa shape index (κ2) is 12.3. The van der Waals surface area contributed by atoms with Crippen molar-refractivity contribution in [3.63, 3.8) is 0 Å². The zero-order chi connectivity index (χ0) is 26.2. The standard InChI is InChI=1S/C26H28N2O7S/c1-5-33-21-12-18(13-22-25(31)28(26(32)36-22)14-24(30)35-16(2)3)8-11-20(21)34-15-23(29)27-19-9-6-17(4)7-10-19/h6-13,16H,5,14-15H2,1-4H3,(H,27,29)/b22-13-. The second-order valence-electron chi connectivity index (χ2n) is 8.15. The van der Waals surface area contributed by atoms with E-state index in [0.717, 1.165) is 22.2 Å². The maximum Gasteiger partial charge on any atom is 0.326 e. The van der Waals surface area contributed by atoms with E-state index in [-0.39, 0.29) is 23.5 Å². The summed E-state index contributed by atoms with van der Waals surface area (Å²) in [7, 11) is 0. The van der Waals surface area contributed by atoms with Crippen molar-refractivity contribution in [1.82, 2.24) is 4.90 Å². The topological polar surface area (TPSA) is 111 Å². The van der Waals surface area contributed by atoms with E-state index in [9.17, 15) is 19.2 Å². The van der Waals surface area contributed by atoms with Gasteiger partial charge >= 0.3 is 5.97 Å². The van der Waals surface area contributed by atoms with Crippen LogP contribution < -0.4 is 14.8 Å². The average molecular weight is 513 g/mol. The highest BCUT2D eigenvalue weighted by molar-refractivity contribution is 8.18. The smallest absolute Gasteiger partial charge is 0.326 e. The maximum absolute atomic E-state index is 12.7. The van der Waals surface area contributed by atoms with Crippen molar-refractivity contribution in [2.24, 2.45) is 0 Å². The summed E-state index contributed by atoms with van der Waals surface area (Å²) in [4.78, 5) is 50.1. The second-order valence-corrected chi connectivity index (χ2v) is 9.14. The van der Waals surface area contributed by atoms with Crippen molar-refractivity contribution in [3.05, 3.63) is 58.5 Å². The van der Waals surface area contributed by atoms with Crippen LogP contribution in [0.25, 0.3) is 6.08 Å². The van der Waals surface area contributed by atoms with Crippen molar-refractivity contribution < 1.29 is 33.4 Å². The van der Waals surface area contributed by atoms with Crippen LogP contribution in [0, 0.1) is 6.92 Å². The molecule has 0 bridgehead atoms. The first kappa shape index (κ1) is 26.8. The molecular weight excluding hydrogens is 484 g/mol. The Morgan fingerprint density at radius 1 is 1.06 bits per heavy atom. The Balaban J connectivity index is 1.68. The Hall–Kier alpha value is -3.79. The summed E-state index contributed by atoms with van der Waals surface area (Å²) in [5.74, 6) is -0.807. The molecule has 2 aromatic rings. The molecule has 3 rings (SSSR count). The molecule has 0 aromatic heterocycles. The number of ether oxygens (including phenoxy) is 3. The minimum absolute atomic E-state index is 0.172. The van der Waals surface area contributed by atoms with E-state index in [1.54, 1.807) is 32.0 Å². The molecule has 0 radical (unpaired) electrons. The van der Waals surface area contributed by atoms with Gasteiger partial charge in [-0.15, -0.1) is 0 Å². The summed E-state index contributed by atoms with van der Waals surface area (Å²) >= 11 is 0.743. The fraction of sp³-hybridized carbons (Fsp3) is 0.308. The van der Waals surface area contributed by atoms with Gasteiger partial charge in [-0.3, -0.25) is 24.1 Å². The van der Waals surface area contributed by atoms with Crippen molar-refractivity contribution >= 4 is 46.5 Å². The summed E-state index contributed by atoms with van der Waals surface area (Å²) in [6, 6.07) is 12.4. The Labute approximate surface area is 213 Å². The number of hydrogen-bond acceptors (Lipinski definition) is 8. The molecule has 1 heterocycles. The fourth-order valence-corrected chi connectivity index (χ4v) is 4.03. The average Bonchev–Trinajstić information content (AvgIpc) is 3.07. The maximum atomic E-state index is 12.7. The molecule has 1 N–H and O–H groups in total. The number of carbonyl (C=O) groups excluding carboxylic acids is 4. The van der Waals surface area contributed by atoms with Crippen LogP contribution in [0.3, 0.4) is 0 Å². The first-order valence-electron chi connectivity index (χ1n) is 11.4. The predicted octanol–water partition coefficient (Wildman–Crippen LogP) is 4.40. The molecule has 1 aliphatic rings. The van der Waals surface area contributed by atoms with Crippen LogP contribution in [0.15, 0.2) is 47.4 Å². The summed E-state index contributed by atoms with van der Waals surface area (Å²) in [5.41, 5.74) is 2.34. The number of esters is 1. The molecule has 36 heavy (non-hydrogen) atoms. The van der Waals surface area contributed by atoms with Gasteiger partial charge in [-0.2, -0.15) is 0 Å². The largest absolute Gasteiger partial charge is 0.490 e. The van der Waals surface area contributed by atoms with E-state index >= 15 is 0 Å². The first-order valence-corrected chi connectivity index (χ1v) is 12.2. The van der Waals surface area contributed by atoms with Crippen molar-refractivity contribution in [3.8, 4) is 11.5 Å². The zero-order valence-electron chi connectivity index (χ0n) is 20.5. The van der Waals surface area contributed by atoms with Gasteiger partial charge in [0.2, 0.25) is 0 Å². The number of benzene rings is 2. The van der Waals surface area contributed by atoms with Crippen molar-refractivity contribution in [1.29, 1.82) is 0 Å². The monoisotopic (exact) mass is 512 g/mol. The van der Waals surface area contributed by atoms with Crippen LogP contribution in [-0.2, 0) is 19.1 Å². The van der Waals surface area contributed by atoms with E-state index in [1.165, 1.54) is 6.08 Å². The number of thioether (sulfide) groups is 1. The molecule has 1 aliphatic heterocycles. The number of nitrogens with one attached hydrogen (secondary N) is 1. The fourth-order valence-electron chi connectivity index (χ4n) is 3.20. The number of imide groups is 1. The summed E-state index contributed by atoms with van der Waals surface area (Å²) in [5, 5.41) is 2.22. The molecule has 0 saturated carbocycles. The van der Waals surface area contributed by atoms with Crippen LogP contribution in [0.4, 0.5) is 10.5 Å². The molecule has 3 amide bonds. The highest BCUT2D eigenvalue weighted by Crippen LogP contribution is 2.34. The molecule has 9 nitrogen and oxygen atoms in total. The molecule has 190 valence electrons. The molecule has 10 heteroatoms. The van der Waals surface area contributed by atoms with E-state index in [0.29, 0.717) is 29.4 Å². The highest BCUT2D eigenvalue weighted by atomic mass is 32.2. The lowest BCUT2D eigenvalue weighted by atomic mass is 10.2. The zero-order valence-corrected chi connectivity index (χ0v) is 21.3. The number of hydrogen-bond donors (Lipinski definition) is 1. The third-order valence-corrected chi connectivity index (χ3v) is 5.69. The Morgan fingerprint density at radius 2 is 1.78 bits per heavy atom. The Morgan fingerprint density at radius 3 is 2.44 bits per heavy atom. The summed E-state index contributed by atoms with van der Waals surface area (Å²) in [6.45, 7) is 6.83. The number of carbonyl (C=O) groups is 4. The molecular formula is C26H28N2O7S. The van der Waals surface area contributed by atoms with E-state index in [1.807, 2.05) is 38.1 Å². The quantitative estimate of drug-likeness (QED) is 0.368. The summed E-state index contributed by atoms with van der Waals surface area (Å²) < 4.78 is 16.3. The molecule has 0 spiro atoms. The van der Waals surface area contributed by atoms with E-state index in [2.05, 4.69) is 5.32 Å². The van der Waals surface area contributed by atoms with E-state index < -0.39 is 23.7 Å². The Bertz CT molecular complexity index is 1180. The van der Waals surface area contributed by atoms with Gasteiger partial charge in [0.25, 0.3) is 17.1 Å². The minimum Gasteiger partial charge on any atom is -0.490 e. The van der Waals surface area contributed by atoms with E-state index in [4.69, 9.17) is 14.2 Å². The van der Waals surface area contributed by atoms with Crippen LogP contribution in [0.1, 0.15) is 31.9 Å². The third-order valence-electron chi connectivity index (χ3n) is 4.79. The lowest BCUT2D eigenvalue weighted by molar-refractivity contribution is -0.149. The number of anilines is 1. The van der Waals surface area contributed by atoms with Crippen molar-refractivity contribution in [2.45, 2.75) is 33.8 Å². The van der Waals surface area contributed by atoms with Gasteiger partial charge < -0.3 is 19.5 Å². The summed E-state index contributed by atoms with van der Waals surface area (Å²) in [6.07, 6.45) is 1.19. The van der Waals surface area contributed by atoms with Gasteiger partial charge in [-0.05, 0) is 75.4 Å². The highest BCUT2D eigenvalue weighted by Gasteiger charge is 2.36. The van der Waals surface area contributed by atoms with Gasteiger partial charge in [0.1, 0.15) is 6.54 Å². The van der Waals surface area contributed by atoms with Crippen molar-refractivity contribution in [2.75, 3.05) is 25.1 Å². The van der Waals surface area contributed by atoms with Gasteiger partial charge in [0, 0.05) is 5.69 Å². The lowest BCUT2D eigenvalue weighted by Crippen LogP contribution is -2.35. The number of amides is 3. The molecule has 0 unspecified atom stereocenters.